The van der Waals surface area contributed by atoms with Crippen LogP contribution < -0.4 is 0 Å². The Morgan fingerprint density at radius 3 is 2.03 bits per heavy atom. The third-order valence-electron chi connectivity index (χ3n) is 5.56. The van der Waals surface area contributed by atoms with Gasteiger partial charge in [-0.2, -0.15) is 0 Å². The van der Waals surface area contributed by atoms with Gasteiger partial charge in [0.05, 0.1) is 5.69 Å². The van der Waals surface area contributed by atoms with E-state index in [0.717, 1.165) is 27.9 Å². The van der Waals surface area contributed by atoms with Crippen molar-refractivity contribution in [3.05, 3.63) is 109 Å². The van der Waals surface area contributed by atoms with Gasteiger partial charge in [-0.3, -0.25) is 4.99 Å². The first-order chi connectivity index (χ1) is 15.3. The number of hydrogen-bond acceptors (Lipinski definition) is 3. The van der Waals surface area contributed by atoms with E-state index in [0.29, 0.717) is 5.89 Å². The number of fused-ring (bicyclic) bond motifs is 3. The predicted octanol–water partition coefficient (Wildman–Crippen LogP) is 7.55. The lowest BCUT2D eigenvalue weighted by Gasteiger charge is -2.08. The average molecular weight is 398 g/mol. The fourth-order valence-corrected chi connectivity index (χ4v) is 4.01. The molecule has 3 heteroatoms. The fraction of sp³-hybridized carbons (Fsp3) is 0. The van der Waals surface area contributed by atoms with Gasteiger partial charge in [0.25, 0.3) is 0 Å². The first-order valence-electron chi connectivity index (χ1n) is 10.3. The zero-order valence-corrected chi connectivity index (χ0v) is 16.7. The zero-order chi connectivity index (χ0) is 20.6. The molecule has 0 bridgehead atoms. The minimum atomic E-state index is 0.622. The first-order valence-corrected chi connectivity index (χ1v) is 10.3. The summed E-state index contributed by atoms with van der Waals surface area (Å²) in [5.41, 5.74) is 4.62. The topological polar surface area (TPSA) is 38.4 Å². The van der Waals surface area contributed by atoms with Crippen LogP contribution in [-0.2, 0) is 0 Å². The lowest BCUT2D eigenvalue weighted by atomic mass is 9.97. The summed E-state index contributed by atoms with van der Waals surface area (Å²) in [5, 5.41) is 4.84. The monoisotopic (exact) mass is 398 g/mol. The molecule has 0 radical (unpaired) electrons. The van der Waals surface area contributed by atoms with Gasteiger partial charge in [0, 0.05) is 17.3 Å². The fourth-order valence-electron chi connectivity index (χ4n) is 4.01. The van der Waals surface area contributed by atoms with E-state index in [1.807, 2.05) is 54.7 Å². The van der Waals surface area contributed by atoms with Gasteiger partial charge in [0.15, 0.2) is 5.58 Å². The van der Waals surface area contributed by atoms with E-state index in [1.165, 1.54) is 21.5 Å². The number of aliphatic imine (C=N–C) groups is 1. The summed E-state index contributed by atoms with van der Waals surface area (Å²) in [6, 6.07) is 34.9. The van der Waals surface area contributed by atoms with Crippen molar-refractivity contribution in [3.63, 3.8) is 0 Å². The van der Waals surface area contributed by atoms with Crippen LogP contribution in [0.25, 0.3) is 44.1 Å². The smallest absolute Gasteiger partial charge is 0.227 e. The van der Waals surface area contributed by atoms with Gasteiger partial charge >= 0.3 is 0 Å². The van der Waals surface area contributed by atoms with Crippen LogP contribution in [0.2, 0.25) is 0 Å². The van der Waals surface area contributed by atoms with Gasteiger partial charge in [-0.1, -0.05) is 60.7 Å². The lowest BCUT2D eigenvalue weighted by Crippen LogP contribution is -1.88. The Labute approximate surface area is 179 Å². The number of para-hydroxylation sites is 2. The number of aromatic nitrogens is 1. The summed E-state index contributed by atoms with van der Waals surface area (Å²) in [6.07, 6.45) is 1.97. The number of hydrogen-bond donors (Lipinski definition) is 0. The van der Waals surface area contributed by atoms with Gasteiger partial charge < -0.3 is 4.42 Å². The van der Waals surface area contributed by atoms with E-state index in [2.05, 4.69) is 59.6 Å². The number of nitrogens with zero attached hydrogens (tertiary/aromatic N) is 2. The van der Waals surface area contributed by atoms with Crippen molar-refractivity contribution in [3.8, 4) is 11.5 Å². The van der Waals surface area contributed by atoms with Gasteiger partial charge in [0.2, 0.25) is 5.89 Å². The lowest BCUT2D eigenvalue weighted by molar-refractivity contribution is 0.620. The summed E-state index contributed by atoms with van der Waals surface area (Å²) in [6.45, 7) is 0. The SMILES string of the molecule is C(=Nc1ccc(-c2nc3ccccc3o2)cc1)c1c2ccccc2cc2ccccc12. The van der Waals surface area contributed by atoms with Crippen molar-refractivity contribution < 1.29 is 4.42 Å². The summed E-state index contributed by atoms with van der Waals surface area (Å²) in [5.74, 6) is 0.622. The van der Waals surface area contributed by atoms with Crippen LogP contribution in [0.1, 0.15) is 5.56 Å². The molecule has 0 atom stereocenters. The molecule has 0 spiro atoms. The van der Waals surface area contributed by atoms with E-state index in [1.54, 1.807) is 0 Å². The maximum Gasteiger partial charge on any atom is 0.227 e. The number of rotatable bonds is 3. The van der Waals surface area contributed by atoms with Crippen molar-refractivity contribution in [1.29, 1.82) is 0 Å². The van der Waals surface area contributed by atoms with Crippen molar-refractivity contribution in [2.75, 3.05) is 0 Å². The Bertz CT molecular complexity index is 1490. The van der Waals surface area contributed by atoms with Gasteiger partial charge in [-0.25, -0.2) is 4.98 Å². The molecule has 5 aromatic carbocycles. The molecule has 1 heterocycles. The second kappa shape index (κ2) is 7.22. The zero-order valence-electron chi connectivity index (χ0n) is 16.7. The van der Waals surface area contributed by atoms with E-state index in [-0.39, 0.29) is 0 Å². The van der Waals surface area contributed by atoms with Crippen LogP contribution in [0.3, 0.4) is 0 Å². The van der Waals surface area contributed by atoms with Gasteiger partial charge in [-0.05, 0) is 64.0 Å². The van der Waals surface area contributed by atoms with Crippen molar-refractivity contribution in [2.24, 2.45) is 4.99 Å². The van der Waals surface area contributed by atoms with E-state index >= 15 is 0 Å². The molecule has 0 N–H and O–H groups in total. The Morgan fingerprint density at radius 2 is 1.32 bits per heavy atom. The Morgan fingerprint density at radius 1 is 0.677 bits per heavy atom. The van der Waals surface area contributed by atoms with Crippen LogP contribution in [0, 0.1) is 0 Å². The molecule has 3 nitrogen and oxygen atoms in total. The second-order valence-electron chi connectivity index (χ2n) is 7.52. The Kier molecular flexibility index (Phi) is 4.10. The highest BCUT2D eigenvalue weighted by molar-refractivity contribution is 6.13. The molecule has 6 rings (SSSR count). The third kappa shape index (κ3) is 3.17. The largest absolute Gasteiger partial charge is 0.436 e. The van der Waals surface area contributed by atoms with Crippen LogP contribution >= 0.6 is 0 Å². The minimum Gasteiger partial charge on any atom is -0.436 e. The molecule has 0 aliphatic rings. The van der Waals surface area contributed by atoms with Crippen LogP contribution in [0.5, 0.6) is 0 Å². The molecular weight excluding hydrogens is 380 g/mol. The minimum absolute atomic E-state index is 0.622. The molecule has 0 saturated heterocycles. The van der Waals surface area contributed by atoms with Gasteiger partial charge in [0.1, 0.15) is 5.52 Å². The number of oxazole rings is 1. The van der Waals surface area contributed by atoms with Crippen molar-refractivity contribution >= 4 is 44.5 Å². The Balaban J connectivity index is 1.38. The molecule has 0 aliphatic heterocycles. The first kappa shape index (κ1) is 17.6. The molecule has 0 fully saturated rings. The highest BCUT2D eigenvalue weighted by Gasteiger charge is 2.08. The summed E-state index contributed by atoms with van der Waals surface area (Å²) < 4.78 is 5.87. The summed E-state index contributed by atoms with van der Waals surface area (Å²) in [7, 11) is 0. The summed E-state index contributed by atoms with van der Waals surface area (Å²) in [4.78, 5) is 9.35. The average Bonchev–Trinajstić information content (AvgIpc) is 3.26. The van der Waals surface area contributed by atoms with Crippen molar-refractivity contribution in [2.45, 2.75) is 0 Å². The van der Waals surface area contributed by atoms with Crippen molar-refractivity contribution in [1.82, 2.24) is 4.98 Å². The second-order valence-corrected chi connectivity index (χ2v) is 7.52. The molecule has 1 aromatic heterocycles. The van der Waals surface area contributed by atoms with Gasteiger partial charge in [-0.15, -0.1) is 0 Å². The van der Waals surface area contributed by atoms with Crippen LogP contribution in [0.4, 0.5) is 5.69 Å². The van der Waals surface area contributed by atoms with E-state index in [4.69, 9.17) is 9.41 Å². The van der Waals surface area contributed by atoms with E-state index < -0.39 is 0 Å². The highest BCUT2D eigenvalue weighted by atomic mass is 16.3. The Hall–Kier alpha value is -4.24. The quantitative estimate of drug-likeness (QED) is 0.228. The molecule has 0 aliphatic carbocycles. The molecule has 0 amide bonds. The molecule has 0 saturated carbocycles. The van der Waals surface area contributed by atoms with Crippen LogP contribution in [0.15, 0.2) is 113 Å². The molecule has 31 heavy (non-hydrogen) atoms. The highest BCUT2D eigenvalue weighted by Crippen LogP contribution is 2.29. The molecule has 146 valence electrons. The molecular formula is C28H18N2O. The predicted molar refractivity (Wildman–Crippen MR) is 128 cm³/mol. The summed E-state index contributed by atoms with van der Waals surface area (Å²) >= 11 is 0. The normalized spacial score (nSPS) is 11.7. The maximum absolute atomic E-state index is 5.87. The molecule has 6 aromatic rings. The van der Waals surface area contributed by atoms with Crippen LogP contribution in [-0.4, -0.2) is 11.2 Å². The maximum atomic E-state index is 5.87. The number of benzene rings is 5. The third-order valence-corrected chi connectivity index (χ3v) is 5.56. The standard InChI is InChI=1S/C28H18N2O/c1-3-9-23-20(7-1)17-21-8-2-4-10-24(21)25(23)18-29-22-15-13-19(14-16-22)28-30-26-11-5-6-12-27(26)31-28/h1-18H. The van der Waals surface area contributed by atoms with E-state index in [9.17, 15) is 0 Å². The molecule has 0 unspecified atom stereocenters.